The molecule has 0 unspecified atom stereocenters. The maximum Gasteiger partial charge on any atom is 0.224 e. The lowest BCUT2D eigenvalue weighted by Gasteiger charge is -2.17. The molecule has 5 heteroatoms. The molecule has 1 aliphatic rings. The van der Waals surface area contributed by atoms with E-state index in [1.165, 1.54) is 6.39 Å². The van der Waals surface area contributed by atoms with Crippen molar-refractivity contribution in [1.29, 1.82) is 0 Å². The first-order valence-electron chi connectivity index (χ1n) is 5.85. The topological polar surface area (TPSA) is 67.2 Å². The minimum absolute atomic E-state index is 0.0878. The molecule has 0 fully saturated rings. The second-order valence-corrected chi connectivity index (χ2v) is 4.24. The van der Waals surface area contributed by atoms with Crippen LogP contribution < -0.4 is 10.6 Å². The molecule has 0 saturated heterocycles. The summed E-state index contributed by atoms with van der Waals surface area (Å²) in [5, 5.41) is 6.12. The molecule has 2 N–H and O–H groups in total. The fourth-order valence-corrected chi connectivity index (χ4v) is 2.01. The SMILES string of the molecule is O=C1CCc2cc(NCc3cnco3)ccc2N1. The van der Waals surface area contributed by atoms with Crippen LogP contribution in [0.1, 0.15) is 17.7 Å². The van der Waals surface area contributed by atoms with E-state index in [0.29, 0.717) is 13.0 Å². The Bertz CT molecular complexity index is 564. The van der Waals surface area contributed by atoms with Gasteiger partial charge >= 0.3 is 0 Å². The van der Waals surface area contributed by atoms with E-state index >= 15 is 0 Å². The highest BCUT2D eigenvalue weighted by Gasteiger charge is 2.14. The van der Waals surface area contributed by atoms with E-state index in [2.05, 4.69) is 21.7 Å². The molecule has 0 atom stereocenters. The number of amides is 1. The normalized spacial score (nSPS) is 13.9. The van der Waals surface area contributed by atoms with Crippen LogP contribution in [0.5, 0.6) is 0 Å². The van der Waals surface area contributed by atoms with Crippen LogP contribution in [0.3, 0.4) is 0 Å². The number of nitrogens with zero attached hydrogens (tertiary/aromatic N) is 1. The third-order valence-electron chi connectivity index (χ3n) is 2.95. The van der Waals surface area contributed by atoms with Gasteiger partial charge in [-0.05, 0) is 30.2 Å². The van der Waals surface area contributed by atoms with Gasteiger partial charge in [-0.1, -0.05) is 0 Å². The minimum Gasteiger partial charge on any atom is -0.447 e. The second-order valence-electron chi connectivity index (χ2n) is 4.24. The van der Waals surface area contributed by atoms with Gasteiger partial charge in [-0.15, -0.1) is 0 Å². The third-order valence-corrected chi connectivity index (χ3v) is 2.95. The number of aryl methyl sites for hydroxylation is 1. The van der Waals surface area contributed by atoms with Crippen LogP contribution in [-0.4, -0.2) is 10.9 Å². The highest BCUT2D eigenvalue weighted by atomic mass is 16.3. The number of fused-ring (bicyclic) bond motifs is 1. The predicted molar refractivity (Wildman–Crippen MR) is 67.2 cm³/mol. The first-order chi connectivity index (χ1) is 8.81. The lowest BCUT2D eigenvalue weighted by Crippen LogP contribution is -2.18. The van der Waals surface area contributed by atoms with E-state index in [1.807, 2.05) is 12.1 Å². The maximum absolute atomic E-state index is 11.2. The Morgan fingerprint density at radius 1 is 1.39 bits per heavy atom. The van der Waals surface area contributed by atoms with Gasteiger partial charge in [0.25, 0.3) is 0 Å². The summed E-state index contributed by atoms with van der Waals surface area (Å²) in [5.41, 5.74) is 3.09. The molecule has 5 nitrogen and oxygen atoms in total. The molecule has 1 aliphatic heterocycles. The summed E-state index contributed by atoms with van der Waals surface area (Å²) in [6, 6.07) is 5.93. The molecule has 0 saturated carbocycles. The first kappa shape index (κ1) is 10.8. The summed E-state index contributed by atoms with van der Waals surface area (Å²) in [6.45, 7) is 0.602. The lowest BCUT2D eigenvalue weighted by atomic mass is 10.0. The van der Waals surface area contributed by atoms with E-state index in [1.54, 1.807) is 6.20 Å². The lowest BCUT2D eigenvalue weighted by molar-refractivity contribution is -0.116. The van der Waals surface area contributed by atoms with Crippen LogP contribution in [0.25, 0.3) is 0 Å². The summed E-state index contributed by atoms with van der Waals surface area (Å²) < 4.78 is 5.15. The Balaban J connectivity index is 1.72. The zero-order chi connectivity index (χ0) is 12.4. The molecule has 0 radical (unpaired) electrons. The highest BCUT2D eigenvalue weighted by molar-refractivity contribution is 5.94. The second kappa shape index (κ2) is 4.52. The van der Waals surface area contributed by atoms with Gasteiger partial charge in [-0.25, -0.2) is 4.98 Å². The van der Waals surface area contributed by atoms with E-state index in [0.717, 1.165) is 29.1 Å². The van der Waals surface area contributed by atoms with Crippen molar-refractivity contribution in [1.82, 2.24) is 4.98 Å². The molecule has 1 aromatic heterocycles. The Hall–Kier alpha value is -2.30. The predicted octanol–water partition coefficient (Wildman–Crippen LogP) is 2.17. The third kappa shape index (κ3) is 2.20. The summed E-state index contributed by atoms with van der Waals surface area (Å²) in [5.74, 6) is 0.880. The van der Waals surface area contributed by atoms with Crippen LogP contribution in [0.15, 0.2) is 35.2 Å². The number of hydrogen-bond donors (Lipinski definition) is 2. The maximum atomic E-state index is 11.2. The molecule has 2 aromatic rings. The molecule has 0 aliphatic carbocycles. The van der Waals surface area contributed by atoms with Gasteiger partial charge in [-0.2, -0.15) is 0 Å². The molecule has 18 heavy (non-hydrogen) atoms. The molecule has 92 valence electrons. The Morgan fingerprint density at radius 3 is 3.17 bits per heavy atom. The quantitative estimate of drug-likeness (QED) is 0.867. The van der Waals surface area contributed by atoms with Crippen molar-refractivity contribution in [3.8, 4) is 0 Å². The van der Waals surface area contributed by atoms with E-state index < -0.39 is 0 Å². The first-order valence-corrected chi connectivity index (χ1v) is 5.85. The van der Waals surface area contributed by atoms with E-state index in [-0.39, 0.29) is 5.91 Å². The van der Waals surface area contributed by atoms with Gasteiger partial charge in [0.15, 0.2) is 6.39 Å². The number of oxazole rings is 1. The van der Waals surface area contributed by atoms with Gasteiger partial charge in [-0.3, -0.25) is 4.79 Å². The van der Waals surface area contributed by atoms with Crippen molar-refractivity contribution < 1.29 is 9.21 Å². The van der Waals surface area contributed by atoms with Gasteiger partial charge in [0.2, 0.25) is 5.91 Å². The van der Waals surface area contributed by atoms with Gasteiger partial charge in [0, 0.05) is 17.8 Å². The summed E-state index contributed by atoms with van der Waals surface area (Å²) in [7, 11) is 0. The number of hydrogen-bond acceptors (Lipinski definition) is 4. The average molecular weight is 243 g/mol. The van der Waals surface area contributed by atoms with Crippen LogP contribution in [-0.2, 0) is 17.8 Å². The largest absolute Gasteiger partial charge is 0.447 e. The Morgan fingerprint density at radius 2 is 2.33 bits per heavy atom. The zero-order valence-electron chi connectivity index (χ0n) is 9.77. The summed E-state index contributed by atoms with van der Waals surface area (Å²) in [4.78, 5) is 15.1. The fourth-order valence-electron chi connectivity index (χ4n) is 2.01. The van der Waals surface area contributed by atoms with Crippen LogP contribution in [0, 0.1) is 0 Å². The molecule has 1 aromatic carbocycles. The van der Waals surface area contributed by atoms with E-state index in [9.17, 15) is 4.79 Å². The van der Waals surface area contributed by atoms with Crippen molar-refractivity contribution >= 4 is 17.3 Å². The number of carbonyl (C=O) groups is 1. The smallest absolute Gasteiger partial charge is 0.224 e. The summed E-state index contributed by atoms with van der Waals surface area (Å²) >= 11 is 0. The molecule has 2 heterocycles. The number of anilines is 2. The van der Waals surface area contributed by atoms with Crippen LogP contribution in [0.2, 0.25) is 0 Å². The molecule has 1 amide bonds. The van der Waals surface area contributed by atoms with Crippen molar-refractivity contribution in [2.75, 3.05) is 10.6 Å². The fraction of sp³-hybridized carbons (Fsp3) is 0.231. The molecular weight excluding hydrogens is 230 g/mol. The Kier molecular flexibility index (Phi) is 2.72. The van der Waals surface area contributed by atoms with Crippen LogP contribution >= 0.6 is 0 Å². The molecule has 0 bridgehead atoms. The number of nitrogens with one attached hydrogen (secondary N) is 2. The monoisotopic (exact) mass is 243 g/mol. The molecule has 3 rings (SSSR count). The zero-order valence-corrected chi connectivity index (χ0v) is 9.77. The highest BCUT2D eigenvalue weighted by Crippen LogP contribution is 2.25. The number of aromatic nitrogens is 1. The number of rotatable bonds is 3. The van der Waals surface area contributed by atoms with Gasteiger partial charge in [0.1, 0.15) is 5.76 Å². The van der Waals surface area contributed by atoms with Gasteiger partial charge < -0.3 is 15.1 Å². The van der Waals surface area contributed by atoms with Crippen molar-refractivity contribution in [2.24, 2.45) is 0 Å². The van der Waals surface area contributed by atoms with Gasteiger partial charge in [0.05, 0.1) is 12.7 Å². The van der Waals surface area contributed by atoms with Crippen molar-refractivity contribution in [2.45, 2.75) is 19.4 Å². The molecule has 0 spiro atoms. The Labute approximate surface area is 104 Å². The van der Waals surface area contributed by atoms with E-state index in [4.69, 9.17) is 4.42 Å². The minimum atomic E-state index is 0.0878. The standard InChI is InChI=1S/C13H13N3O2/c17-13-4-1-9-5-10(2-3-12(9)16-13)15-7-11-6-14-8-18-11/h2-3,5-6,8,15H,1,4,7H2,(H,16,17). The van der Waals surface area contributed by atoms with Crippen molar-refractivity contribution in [3.05, 3.63) is 42.1 Å². The average Bonchev–Trinajstić information content (AvgIpc) is 2.89. The number of benzene rings is 1. The number of carbonyl (C=O) groups excluding carboxylic acids is 1. The van der Waals surface area contributed by atoms with Crippen molar-refractivity contribution in [3.63, 3.8) is 0 Å². The molecular formula is C13H13N3O2. The van der Waals surface area contributed by atoms with Crippen LogP contribution in [0.4, 0.5) is 11.4 Å². The summed E-state index contributed by atoms with van der Waals surface area (Å²) in [6.07, 6.45) is 4.45.